The molecule has 1 aromatic carbocycles. The number of nitriles is 1. The zero-order valence-electron chi connectivity index (χ0n) is 10.2. The molecule has 0 aliphatic carbocycles. The van der Waals surface area contributed by atoms with Gasteiger partial charge in [-0.05, 0) is 40.8 Å². The van der Waals surface area contributed by atoms with Gasteiger partial charge in [0.2, 0.25) is 5.91 Å². The maximum Gasteiger partial charge on any atom is 0.302 e. The third-order valence-corrected chi connectivity index (χ3v) is 4.74. The maximum absolute atomic E-state index is 12.7. The molecule has 1 atom stereocenters. The number of halogens is 2. The van der Waals surface area contributed by atoms with Crippen LogP contribution in [-0.4, -0.2) is 26.6 Å². The molecule has 1 amide bonds. The second kappa shape index (κ2) is 5.65. The van der Waals surface area contributed by atoms with Gasteiger partial charge in [-0.15, -0.1) is 3.89 Å². The van der Waals surface area contributed by atoms with Crippen molar-refractivity contribution in [1.29, 1.82) is 5.26 Å². The van der Waals surface area contributed by atoms with Gasteiger partial charge in [-0.3, -0.25) is 4.79 Å². The molecule has 0 bridgehead atoms. The Morgan fingerprint density at radius 2 is 2.20 bits per heavy atom. The van der Waals surface area contributed by atoms with E-state index in [1.54, 1.807) is 18.2 Å². The van der Waals surface area contributed by atoms with Crippen LogP contribution in [-0.2, 0) is 15.0 Å². The molecule has 8 heteroatoms. The third-order valence-electron chi connectivity index (χ3n) is 3.01. The van der Waals surface area contributed by atoms with E-state index in [1.807, 2.05) is 28.7 Å². The molecule has 0 spiro atoms. The summed E-state index contributed by atoms with van der Waals surface area (Å²) < 4.78 is 34.7. The minimum Gasteiger partial charge on any atom is -0.311 e. The first-order chi connectivity index (χ1) is 9.30. The van der Waals surface area contributed by atoms with E-state index < -0.39 is 21.9 Å². The summed E-state index contributed by atoms with van der Waals surface area (Å²) in [7, 11) is -4.58. The number of rotatable bonds is 3. The van der Waals surface area contributed by atoms with Crippen molar-refractivity contribution in [3.63, 3.8) is 0 Å². The van der Waals surface area contributed by atoms with Gasteiger partial charge in [-0.2, -0.15) is 13.7 Å². The summed E-state index contributed by atoms with van der Waals surface area (Å²) in [6, 6.07) is 6.87. The van der Waals surface area contributed by atoms with Crippen LogP contribution in [0.5, 0.6) is 0 Å². The van der Waals surface area contributed by atoms with Crippen LogP contribution < -0.4 is 4.90 Å². The molecule has 0 N–H and O–H groups in total. The molecule has 2 rings (SSSR count). The number of nitrogens with zero attached hydrogens (tertiary/aromatic N) is 2. The van der Waals surface area contributed by atoms with Gasteiger partial charge in [0.1, 0.15) is 0 Å². The van der Waals surface area contributed by atoms with Crippen LogP contribution in [0.15, 0.2) is 18.2 Å². The lowest BCUT2D eigenvalue weighted by Crippen LogP contribution is -2.26. The summed E-state index contributed by atoms with van der Waals surface area (Å²) in [5.74, 6) is -1.41. The van der Waals surface area contributed by atoms with Crippen molar-refractivity contribution in [2.45, 2.75) is 6.42 Å². The third kappa shape index (κ3) is 3.46. The van der Waals surface area contributed by atoms with E-state index in [4.69, 9.17) is 5.26 Å². The smallest absolute Gasteiger partial charge is 0.302 e. The predicted molar refractivity (Wildman–Crippen MR) is 79.2 cm³/mol. The van der Waals surface area contributed by atoms with E-state index in [1.165, 1.54) is 4.90 Å². The molecular formula is C12H10FIN2O3S. The Balaban J connectivity index is 2.22. The quantitative estimate of drug-likeness (QED) is 0.565. The minimum atomic E-state index is -4.58. The van der Waals surface area contributed by atoms with Gasteiger partial charge < -0.3 is 4.90 Å². The van der Waals surface area contributed by atoms with Crippen LogP contribution in [0.1, 0.15) is 12.0 Å². The lowest BCUT2D eigenvalue weighted by molar-refractivity contribution is -0.117. The first-order valence-corrected chi connectivity index (χ1v) is 8.35. The molecule has 0 aromatic heterocycles. The molecule has 1 aliphatic heterocycles. The van der Waals surface area contributed by atoms with Crippen molar-refractivity contribution >= 4 is 44.4 Å². The average molecular weight is 408 g/mol. The summed E-state index contributed by atoms with van der Waals surface area (Å²) in [5, 5.41) is 8.80. The van der Waals surface area contributed by atoms with Crippen molar-refractivity contribution in [3.05, 3.63) is 27.3 Å². The fraction of sp³-hybridized carbons (Fsp3) is 0.333. The molecule has 1 heterocycles. The Morgan fingerprint density at radius 3 is 2.75 bits per heavy atom. The summed E-state index contributed by atoms with van der Waals surface area (Å²) in [5.41, 5.74) is 1.10. The fourth-order valence-electron chi connectivity index (χ4n) is 2.20. The lowest BCUT2D eigenvalue weighted by Gasteiger charge is -2.18. The standard InChI is InChI=1S/C12H10FIN2O3S/c13-20(18,19)7-9-4-12(17)16(6-9)11-2-1-8(5-15)3-10(11)14/h1-3,9H,4,6-7H2. The van der Waals surface area contributed by atoms with Gasteiger partial charge >= 0.3 is 10.2 Å². The average Bonchev–Trinajstić information content (AvgIpc) is 2.67. The molecule has 5 nitrogen and oxygen atoms in total. The zero-order valence-corrected chi connectivity index (χ0v) is 13.2. The largest absolute Gasteiger partial charge is 0.311 e. The van der Waals surface area contributed by atoms with Crippen molar-refractivity contribution in [2.24, 2.45) is 5.92 Å². The highest BCUT2D eigenvalue weighted by Crippen LogP contribution is 2.30. The van der Waals surface area contributed by atoms with Crippen LogP contribution in [0.4, 0.5) is 9.57 Å². The Hall–Kier alpha value is -1.21. The molecule has 1 fully saturated rings. The number of carbonyl (C=O) groups excluding carboxylic acids is 1. The van der Waals surface area contributed by atoms with Crippen molar-refractivity contribution in [1.82, 2.24) is 0 Å². The van der Waals surface area contributed by atoms with Gasteiger partial charge in [0.15, 0.2) is 0 Å². The Kier molecular flexibility index (Phi) is 4.29. The number of benzene rings is 1. The predicted octanol–water partition coefficient (Wildman–Crippen LogP) is 1.82. The van der Waals surface area contributed by atoms with E-state index in [2.05, 4.69) is 0 Å². The van der Waals surface area contributed by atoms with Gasteiger partial charge in [0.05, 0.1) is 23.1 Å². The lowest BCUT2D eigenvalue weighted by atomic mass is 10.1. The Morgan fingerprint density at radius 1 is 1.50 bits per heavy atom. The van der Waals surface area contributed by atoms with E-state index in [0.717, 1.165) is 3.57 Å². The molecule has 1 unspecified atom stereocenters. The topological polar surface area (TPSA) is 78.2 Å². The SMILES string of the molecule is N#Cc1ccc(N2CC(CS(=O)(=O)F)CC2=O)c(I)c1. The summed E-state index contributed by atoms with van der Waals surface area (Å²) in [6.45, 7) is 0.171. The maximum atomic E-state index is 12.7. The number of amides is 1. The number of hydrogen-bond acceptors (Lipinski definition) is 4. The normalized spacial score (nSPS) is 19.1. The van der Waals surface area contributed by atoms with Crippen LogP contribution in [0, 0.1) is 20.8 Å². The van der Waals surface area contributed by atoms with E-state index in [9.17, 15) is 17.1 Å². The van der Waals surface area contributed by atoms with Crippen LogP contribution in [0.2, 0.25) is 0 Å². The molecule has 1 aromatic rings. The van der Waals surface area contributed by atoms with Gasteiger partial charge in [0.25, 0.3) is 0 Å². The summed E-state index contributed by atoms with van der Waals surface area (Å²) >= 11 is 2.01. The number of hydrogen-bond donors (Lipinski definition) is 0. The molecule has 106 valence electrons. The monoisotopic (exact) mass is 408 g/mol. The van der Waals surface area contributed by atoms with Crippen LogP contribution in [0.3, 0.4) is 0 Å². The molecule has 1 saturated heterocycles. The Bertz CT molecular complexity index is 699. The van der Waals surface area contributed by atoms with Crippen LogP contribution in [0.25, 0.3) is 0 Å². The molecular weight excluding hydrogens is 398 g/mol. The first kappa shape index (κ1) is 15.2. The van der Waals surface area contributed by atoms with E-state index >= 15 is 0 Å². The Labute approximate surface area is 129 Å². The highest BCUT2D eigenvalue weighted by molar-refractivity contribution is 14.1. The molecule has 1 aliphatic rings. The van der Waals surface area contributed by atoms with Crippen molar-refractivity contribution in [3.8, 4) is 6.07 Å². The van der Waals surface area contributed by atoms with E-state index in [-0.39, 0.29) is 18.9 Å². The van der Waals surface area contributed by atoms with E-state index in [0.29, 0.717) is 11.3 Å². The number of carbonyl (C=O) groups is 1. The highest BCUT2D eigenvalue weighted by Gasteiger charge is 2.34. The van der Waals surface area contributed by atoms with Crippen LogP contribution >= 0.6 is 22.6 Å². The summed E-state index contributed by atoms with van der Waals surface area (Å²) in [4.78, 5) is 13.4. The second-order valence-electron chi connectivity index (χ2n) is 4.56. The van der Waals surface area contributed by atoms with Gasteiger partial charge in [-0.25, -0.2) is 0 Å². The molecule has 0 radical (unpaired) electrons. The van der Waals surface area contributed by atoms with Crippen molar-refractivity contribution < 1.29 is 17.1 Å². The van der Waals surface area contributed by atoms with Gasteiger partial charge in [-0.1, -0.05) is 0 Å². The van der Waals surface area contributed by atoms with Crippen molar-refractivity contribution in [2.75, 3.05) is 17.2 Å². The first-order valence-electron chi connectivity index (χ1n) is 5.72. The fourth-order valence-corrected chi connectivity index (χ4v) is 3.80. The second-order valence-corrected chi connectivity index (χ2v) is 7.13. The van der Waals surface area contributed by atoms with Gasteiger partial charge in [0, 0.05) is 22.5 Å². The highest BCUT2D eigenvalue weighted by atomic mass is 127. The molecule has 0 saturated carbocycles. The molecule has 20 heavy (non-hydrogen) atoms. The number of anilines is 1. The minimum absolute atomic E-state index is 0.0131. The zero-order chi connectivity index (χ0) is 14.9. The summed E-state index contributed by atoms with van der Waals surface area (Å²) in [6.07, 6.45) is 0.0131.